The highest BCUT2D eigenvalue weighted by Gasteiger charge is 2.29. The number of rotatable bonds is 4. The first-order valence-corrected chi connectivity index (χ1v) is 9.29. The highest BCUT2D eigenvalue weighted by Crippen LogP contribution is 2.32. The molecule has 2 atom stereocenters. The number of carbonyl (C=O) groups excluding carboxylic acids is 1. The number of nitrogens with zero attached hydrogens (tertiary/aromatic N) is 3. The molecule has 0 saturated carbocycles. The minimum atomic E-state index is -0.330. The molecule has 1 saturated heterocycles. The third-order valence-electron chi connectivity index (χ3n) is 4.72. The maximum Gasteiger partial charge on any atom is 0.338 e. The molecule has 1 aromatic carbocycles. The lowest BCUT2D eigenvalue weighted by atomic mass is 10.1. The molecule has 140 valence electrons. The Hall–Kier alpha value is -2.44. The quantitative estimate of drug-likeness (QED) is 0.496. The SMILES string of the molecule is Cc1ccc(C(=O)OCC2CCC(n3ccc4c(Cl)nc(C)nc43)O2)cc1. The van der Waals surface area contributed by atoms with Crippen LogP contribution in [0, 0.1) is 13.8 Å². The van der Waals surface area contributed by atoms with Crippen LogP contribution in [0.4, 0.5) is 0 Å². The summed E-state index contributed by atoms with van der Waals surface area (Å²) >= 11 is 6.20. The van der Waals surface area contributed by atoms with Crippen LogP contribution in [-0.4, -0.2) is 33.2 Å². The van der Waals surface area contributed by atoms with Gasteiger partial charge in [-0.1, -0.05) is 29.3 Å². The lowest BCUT2D eigenvalue weighted by molar-refractivity contribution is -0.0307. The van der Waals surface area contributed by atoms with Crippen LogP contribution >= 0.6 is 11.6 Å². The summed E-state index contributed by atoms with van der Waals surface area (Å²) in [6, 6.07) is 9.22. The Morgan fingerprint density at radius 1 is 1.22 bits per heavy atom. The zero-order chi connectivity index (χ0) is 19.0. The summed E-state index contributed by atoms with van der Waals surface area (Å²) in [6.45, 7) is 4.02. The third kappa shape index (κ3) is 3.68. The van der Waals surface area contributed by atoms with Gasteiger partial charge in [0.05, 0.1) is 17.1 Å². The molecule has 0 spiro atoms. The lowest BCUT2D eigenvalue weighted by Crippen LogP contribution is -2.19. The van der Waals surface area contributed by atoms with Gasteiger partial charge in [-0.2, -0.15) is 0 Å². The molecule has 1 aliphatic rings. The maximum absolute atomic E-state index is 12.2. The molecule has 1 aliphatic heterocycles. The van der Waals surface area contributed by atoms with Crippen molar-refractivity contribution < 1.29 is 14.3 Å². The molecule has 2 unspecified atom stereocenters. The molecule has 3 aromatic rings. The molecule has 0 aliphatic carbocycles. The Bertz CT molecular complexity index is 984. The van der Waals surface area contributed by atoms with Crippen LogP contribution < -0.4 is 0 Å². The standard InChI is InChI=1S/C20H20ClN3O3/c1-12-3-5-14(6-4-12)20(25)26-11-15-7-8-17(27-15)24-10-9-16-18(21)22-13(2)23-19(16)24/h3-6,9-10,15,17H,7-8,11H2,1-2H3. The number of hydrogen-bond acceptors (Lipinski definition) is 5. The van der Waals surface area contributed by atoms with Crippen LogP contribution in [0.1, 0.15) is 40.8 Å². The van der Waals surface area contributed by atoms with Gasteiger partial charge in [-0.25, -0.2) is 14.8 Å². The topological polar surface area (TPSA) is 66.2 Å². The fraction of sp³-hybridized carbons (Fsp3) is 0.350. The summed E-state index contributed by atoms with van der Waals surface area (Å²) in [4.78, 5) is 20.8. The van der Waals surface area contributed by atoms with Crippen LogP contribution in [0.5, 0.6) is 0 Å². The fourth-order valence-corrected chi connectivity index (χ4v) is 3.56. The van der Waals surface area contributed by atoms with Crippen LogP contribution in [0.15, 0.2) is 36.5 Å². The molecule has 0 N–H and O–H groups in total. The Labute approximate surface area is 162 Å². The summed E-state index contributed by atoms with van der Waals surface area (Å²) in [7, 11) is 0. The molecule has 0 radical (unpaired) electrons. The normalized spacial score (nSPS) is 19.5. The third-order valence-corrected chi connectivity index (χ3v) is 5.01. The van der Waals surface area contributed by atoms with Crippen LogP contribution in [0.3, 0.4) is 0 Å². The van der Waals surface area contributed by atoms with E-state index in [-0.39, 0.29) is 24.9 Å². The van der Waals surface area contributed by atoms with Crippen molar-refractivity contribution in [2.45, 2.75) is 39.0 Å². The average molecular weight is 386 g/mol. The Morgan fingerprint density at radius 2 is 2.00 bits per heavy atom. The number of esters is 1. The first-order valence-electron chi connectivity index (χ1n) is 8.91. The summed E-state index contributed by atoms with van der Waals surface area (Å²) in [6.07, 6.45) is 3.24. The van der Waals surface area contributed by atoms with Gasteiger partial charge in [0.25, 0.3) is 0 Å². The number of ether oxygens (including phenoxy) is 2. The van der Waals surface area contributed by atoms with E-state index in [4.69, 9.17) is 21.1 Å². The van der Waals surface area contributed by atoms with E-state index in [0.29, 0.717) is 16.5 Å². The van der Waals surface area contributed by atoms with Crippen molar-refractivity contribution >= 4 is 28.6 Å². The van der Waals surface area contributed by atoms with Crippen molar-refractivity contribution in [3.63, 3.8) is 0 Å². The summed E-state index contributed by atoms with van der Waals surface area (Å²) in [5.74, 6) is 0.289. The van der Waals surface area contributed by atoms with E-state index < -0.39 is 0 Å². The van der Waals surface area contributed by atoms with Crippen molar-refractivity contribution in [3.05, 3.63) is 58.6 Å². The molecule has 3 heterocycles. The van der Waals surface area contributed by atoms with Gasteiger partial charge in [0.1, 0.15) is 29.5 Å². The smallest absolute Gasteiger partial charge is 0.338 e. The number of aromatic nitrogens is 3. The molecule has 7 heteroatoms. The molecule has 6 nitrogen and oxygen atoms in total. The number of benzene rings is 1. The molecule has 4 rings (SSSR count). The fourth-order valence-electron chi connectivity index (χ4n) is 3.29. The molecule has 0 amide bonds. The molecular weight excluding hydrogens is 366 g/mol. The predicted octanol–water partition coefficient (Wildman–Crippen LogP) is 4.24. The van der Waals surface area contributed by atoms with Gasteiger partial charge in [-0.15, -0.1) is 0 Å². The van der Waals surface area contributed by atoms with Gasteiger partial charge in [-0.05, 0) is 44.9 Å². The molecular formula is C20H20ClN3O3. The minimum Gasteiger partial charge on any atom is -0.459 e. The van der Waals surface area contributed by atoms with Crippen molar-refractivity contribution in [1.82, 2.24) is 14.5 Å². The van der Waals surface area contributed by atoms with Crippen molar-refractivity contribution in [2.24, 2.45) is 0 Å². The number of carbonyl (C=O) groups is 1. The van der Waals surface area contributed by atoms with Crippen molar-refractivity contribution in [3.8, 4) is 0 Å². The number of aryl methyl sites for hydroxylation is 2. The average Bonchev–Trinajstić information content (AvgIpc) is 3.27. The van der Waals surface area contributed by atoms with Crippen LogP contribution in [0.2, 0.25) is 5.15 Å². The van der Waals surface area contributed by atoms with E-state index in [1.165, 1.54) is 0 Å². The first kappa shape index (κ1) is 17.9. The second kappa shape index (κ2) is 7.29. The lowest BCUT2D eigenvalue weighted by Gasteiger charge is -2.16. The second-order valence-electron chi connectivity index (χ2n) is 6.78. The Morgan fingerprint density at radius 3 is 2.78 bits per heavy atom. The molecule has 2 aromatic heterocycles. The number of fused-ring (bicyclic) bond motifs is 1. The number of halogens is 1. The van der Waals surface area contributed by atoms with E-state index in [1.54, 1.807) is 12.1 Å². The zero-order valence-electron chi connectivity index (χ0n) is 15.2. The largest absolute Gasteiger partial charge is 0.459 e. The van der Waals surface area contributed by atoms with Gasteiger partial charge in [-0.3, -0.25) is 0 Å². The van der Waals surface area contributed by atoms with Gasteiger partial charge in [0, 0.05) is 6.20 Å². The molecule has 27 heavy (non-hydrogen) atoms. The first-order chi connectivity index (χ1) is 13.0. The van der Waals surface area contributed by atoms with E-state index >= 15 is 0 Å². The minimum absolute atomic E-state index is 0.139. The summed E-state index contributed by atoms with van der Waals surface area (Å²) < 4.78 is 13.5. The highest BCUT2D eigenvalue weighted by atomic mass is 35.5. The van der Waals surface area contributed by atoms with Crippen molar-refractivity contribution in [1.29, 1.82) is 0 Å². The van der Waals surface area contributed by atoms with Crippen LogP contribution in [-0.2, 0) is 9.47 Å². The zero-order valence-corrected chi connectivity index (χ0v) is 15.9. The predicted molar refractivity (Wildman–Crippen MR) is 102 cm³/mol. The van der Waals surface area contributed by atoms with Crippen molar-refractivity contribution in [2.75, 3.05) is 6.61 Å². The monoisotopic (exact) mass is 385 g/mol. The van der Waals surface area contributed by atoms with E-state index in [0.717, 1.165) is 29.4 Å². The van der Waals surface area contributed by atoms with E-state index in [1.807, 2.05) is 42.8 Å². The van der Waals surface area contributed by atoms with Gasteiger partial charge < -0.3 is 14.0 Å². The van der Waals surface area contributed by atoms with Gasteiger partial charge in [0.15, 0.2) is 0 Å². The summed E-state index contributed by atoms with van der Waals surface area (Å²) in [5.41, 5.74) is 2.41. The van der Waals surface area contributed by atoms with Gasteiger partial charge >= 0.3 is 5.97 Å². The maximum atomic E-state index is 12.2. The Balaban J connectivity index is 1.40. The van der Waals surface area contributed by atoms with Crippen LogP contribution in [0.25, 0.3) is 11.0 Å². The van der Waals surface area contributed by atoms with Gasteiger partial charge in [0.2, 0.25) is 0 Å². The number of hydrogen-bond donors (Lipinski definition) is 0. The molecule has 0 bridgehead atoms. The molecule has 1 fully saturated rings. The second-order valence-corrected chi connectivity index (χ2v) is 7.13. The van der Waals surface area contributed by atoms with E-state index in [9.17, 15) is 4.79 Å². The Kier molecular flexibility index (Phi) is 4.85. The highest BCUT2D eigenvalue weighted by molar-refractivity contribution is 6.33. The van der Waals surface area contributed by atoms with E-state index in [2.05, 4.69) is 9.97 Å². The summed E-state index contributed by atoms with van der Waals surface area (Å²) in [5, 5.41) is 1.25.